The number of carbonyl (C=O) groups excluding carboxylic acids is 4. The van der Waals surface area contributed by atoms with Gasteiger partial charge in [0.15, 0.2) is 6.61 Å². The number of Topliss-reactive ketones (excluding diaryl/α,β-unsaturated/α-hetero) is 1. The first kappa shape index (κ1) is 27.4. The highest BCUT2D eigenvalue weighted by Crippen LogP contribution is 2.38. The van der Waals surface area contributed by atoms with Crippen molar-refractivity contribution in [1.82, 2.24) is 4.98 Å². The van der Waals surface area contributed by atoms with Gasteiger partial charge in [0.2, 0.25) is 17.6 Å². The second-order valence-corrected chi connectivity index (χ2v) is 10.8. The van der Waals surface area contributed by atoms with Gasteiger partial charge in [0.05, 0.1) is 39.9 Å². The van der Waals surface area contributed by atoms with Crippen LogP contribution < -0.4 is 4.90 Å². The minimum absolute atomic E-state index is 0.0544. The summed E-state index contributed by atoms with van der Waals surface area (Å²) < 4.78 is 5.38. The number of aromatic hydroxyl groups is 1. The van der Waals surface area contributed by atoms with E-state index in [-0.39, 0.29) is 40.5 Å². The van der Waals surface area contributed by atoms with Crippen molar-refractivity contribution in [2.45, 2.75) is 19.8 Å². The van der Waals surface area contributed by atoms with Crippen LogP contribution in [0.3, 0.4) is 0 Å². The fourth-order valence-electron chi connectivity index (χ4n) is 5.55. The molecule has 1 aromatic heterocycles. The van der Waals surface area contributed by atoms with Crippen molar-refractivity contribution in [2.75, 3.05) is 11.5 Å². The number of amides is 2. The first-order valence-electron chi connectivity index (χ1n) is 13.5. The lowest BCUT2D eigenvalue weighted by atomic mass is 9.85. The zero-order valence-electron chi connectivity index (χ0n) is 22.5. The Morgan fingerprint density at radius 1 is 0.952 bits per heavy atom. The molecule has 3 aromatic carbocycles. The average molecular weight is 581 g/mol. The number of ether oxygens (including phenoxy) is 1. The van der Waals surface area contributed by atoms with Gasteiger partial charge in [0, 0.05) is 16.0 Å². The first-order chi connectivity index (χ1) is 20.2. The van der Waals surface area contributed by atoms with Crippen LogP contribution in [-0.4, -0.2) is 40.3 Å². The molecule has 1 aliphatic heterocycles. The van der Waals surface area contributed by atoms with Crippen LogP contribution in [-0.2, 0) is 14.3 Å². The van der Waals surface area contributed by atoms with Gasteiger partial charge in [-0.2, -0.15) is 0 Å². The first-order valence-corrected chi connectivity index (χ1v) is 13.8. The quantitative estimate of drug-likeness (QED) is 0.127. The lowest BCUT2D eigenvalue weighted by Gasteiger charge is -2.16. The topological polar surface area (TPSA) is 114 Å². The second-order valence-electron chi connectivity index (χ2n) is 10.4. The molecule has 9 heteroatoms. The molecule has 2 aliphatic rings. The molecule has 2 amide bonds. The van der Waals surface area contributed by atoms with Crippen LogP contribution in [0.2, 0.25) is 5.02 Å². The molecule has 0 saturated carbocycles. The molecule has 0 radical (unpaired) electrons. The number of hydrogen-bond acceptors (Lipinski definition) is 7. The van der Waals surface area contributed by atoms with Crippen LogP contribution >= 0.6 is 11.6 Å². The number of imide groups is 1. The highest BCUT2D eigenvalue weighted by molar-refractivity contribution is 6.32. The van der Waals surface area contributed by atoms with E-state index in [9.17, 15) is 24.3 Å². The van der Waals surface area contributed by atoms with Gasteiger partial charge >= 0.3 is 5.97 Å². The molecule has 1 fully saturated rings. The number of carbonyl (C=O) groups is 4. The number of halogens is 1. The number of rotatable bonds is 6. The van der Waals surface area contributed by atoms with Gasteiger partial charge in [-0.25, -0.2) is 9.78 Å². The van der Waals surface area contributed by atoms with Gasteiger partial charge in [-0.15, -0.1) is 0 Å². The number of nitrogens with zero attached hydrogens (tertiary/aromatic N) is 2. The molecule has 1 aliphatic carbocycles. The van der Waals surface area contributed by atoms with Crippen LogP contribution in [0.15, 0.2) is 78.9 Å². The van der Waals surface area contributed by atoms with Crippen molar-refractivity contribution in [2.24, 2.45) is 11.8 Å². The Morgan fingerprint density at radius 3 is 2.29 bits per heavy atom. The predicted octanol–water partition coefficient (Wildman–Crippen LogP) is 6.06. The molecule has 8 nitrogen and oxygen atoms in total. The molecule has 1 N–H and O–H groups in total. The maximum absolute atomic E-state index is 13.3. The van der Waals surface area contributed by atoms with E-state index >= 15 is 0 Å². The van der Waals surface area contributed by atoms with Gasteiger partial charge in [0.1, 0.15) is 5.75 Å². The third-order valence-corrected chi connectivity index (χ3v) is 8.27. The summed E-state index contributed by atoms with van der Waals surface area (Å²) in [6.07, 6.45) is 5.01. The van der Waals surface area contributed by atoms with Crippen LogP contribution in [0.1, 0.15) is 39.1 Å². The van der Waals surface area contributed by atoms with Crippen LogP contribution in [0.25, 0.3) is 22.2 Å². The number of pyridine rings is 1. The average Bonchev–Trinajstić information content (AvgIpc) is 3.26. The summed E-state index contributed by atoms with van der Waals surface area (Å²) in [5, 5.41) is 10.9. The number of aryl methyl sites for hydroxylation is 1. The molecular weight excluding hydrogens is 556 g/mol. The summed E-state index contributed by atoms with van der Waals surface area (Å²) in [4.78, 5) is 58.0. The number of para-hydroxylation sites is 1. The molecule has 2 unspecified atom stereocenters. The van der Waals surface area contributed by atoms with Crippen LogP contribution in [0.4, 0.5) is 5.69 Å². The number of hydrogen-bond donors (Lipinski definition) is 1. The van der Waals surface area contributed by atoms with Crippen LogP contribution in [0, 0.1) is 18.8 Å². The largest absolute Gasteiger partial charge is 0.507 e. The van der Waals surface area contributed by atoms with Crippen molar-refractivity contribution in [3.8, 4) is 17.0 Å². The molecule has 42 heavy (non-hydrogen) atoms. The van der Waals surface area contributed by atoms with Gasteiger partial charge in [-0.1, -0.05) is 54.1 Å². The van der Waals surface area contributed by atoms with E-state index in [1.807, 2.05) is 12.2 Å². The molecule has 1 saturated heterocycles. The van der Waals surface area contributed by atoms with Gasteiger partial charge in [-0.05, 0) is 61.7 Å². The lowest BCUT2D eigenvalue weighted by molar-refractivity contribution is -0.122. The normalized spacial score (nSPS) is 17.9. The summed E-state index contributed by atoms with van der Waals surface area (Å²) in [7, 11) is 0. The lowest BCUT2D eigenvalue weighted by Crippen LogP contribution is -2.30. The summed E-state index contributed by atoms with van der Waals surface area (Å²) in [5.74, 6) is -2.53. The Balaban J connectivity index is 1.32. The summed E-state index contributed by atoms with van der Waals surface area (Å²) >= 11 is 6.38. The Bertz CT molecular complexity index is 1790. The van der Waals surface area contributed by atoms with E-state index in [1.54, 1.807) is 61.5 Å². The number of phenols is 1. The van der Waals surface area contributed by atoms with Gasteiger partial charge in [-0.3, -0.25) is 19.3 Å². The number of ketones is 1. The standard InChI is InChI=1S/C33H25ClN2O6/c1-18-26(34)15-14-21-25(33(41)42-17-29(38)24-8-4-5-9-28(24)37)16-27(35-30(18)21)19-10-12-20(13-11-19)36-31(39)22-6-2-3-7-23(22)32(36)40/h2-5,8-16,22-23,37H,6-7,17H2,1H3. The van der Waals surface area contributed by atoms with Crippen molar-refractivity contribution in [1.29, 1.82) is 0 Å². The highest BCUT2D eigenvalue weighted by Gasteiger charge is 2.47. The van der Waals surface area contributed by atoms with Crippen molar-refractivity contribution < 1.29 is 29.0 Å². The number of benzene rings is 3. The predicted molar refractivity (Wildman–Crippen MR) is 157 cm³/mol. The van der Waals surface area contributed by atoms with Crippen molar-refractivity contribution >= 4 is 51.8 Å². The fourth-order valence-corrected chi connectivity index (χ4v) is 5.71. The van der Waals surface area contributed by atoms with Crippen molar-refractivity contribution in [3.63, 3.8) is 0 Å². The molecule has 0 bridgehead atoms. The van der Waals surface area contributed by atoms with E-state index in [4.69, 9.17) is 21.3 Å². The Labute approximate surface area is 246 Å². The molecular formula is C33H25ClN2O6. The third kappa shape index (κ3) is 4.73. The number of phenolic OH excluding ortho intramolecular Hbond substituents is 1. The Morgan fingerprint density at radius 2 is 1.62 bits per heavy atom. The number of allylic oxidation sites excluding steroid dienone is 2. The fraction of sp³-hybridized carbons (Fsp3) is 0.182. The maximum atomic E-state index is 13.3. The second kappa shape index (κ2) is 10.9. The molecule has 2 atom stereocenters. The van der Waals surface area contributed by atoms with Gasteiger partial charge < -0.3 is 9.84 Å². The SMILES string of the molecule is Cc1c(Cl)ccc2c(C(=O)OCC(=O)c3ccccc3O)cc(-c3ccc(N4C(=O)C5CC=CCC5C4=O)cc3)nc12. The summed E-state index contributed by atoms with van der Waals surface area (Å²) in [6, 6.07) is 17.8. The minimum atomic E-state index is -0.741. The van der Waals surface area contributed by atoms with Gasteiger partial charge in [0.25, 0.3) is 0 Å². The van der Waals surface area contributed by atoms with E-state index in [2.05, 4.69) is 0 Å². The molecule has 2 heterocycles. The van der Waals surface area contributed by atoms with Crippen molar-refractivity contribution in [3.05, 3.63) is 101 Å². The number of esters is 1. The zero-order valence-corrected chi connectivity index (χ0v) is 23.3. The molecule has 6 rings (SSSR count). The number of aromatic nitrogens is 1. The zero-order chi connectivity index (χ0) is 29.5. The third-order valence-electron chi connectivity index (χ3n) is 7.86. The monoisotopic (exact) mass is 580 g/mol. The van der Waals surface area contributed by atoms with E-state index in [1.165, 1.54) is 17.0 Å². The Kier molecular flexibility index (Phi) is 7.08. The van der Waals surface area contributed by atoms with E-state index < -0.39 is 18.4 Å². The van der Waals surface area contributed by atoms with E-state index in [0.717, 1.165) is 0 Å². The number of anilines is 1. The van der Waals surface area contributed by atoms with E-state index in [0.29, 0.717) is 51.3 Å². The summed E-state index contributed by atoms with van der Waals surface area (Å²) in [5.41, 5.74) is 2.95. The molecule has 210 valence electrons. The van der Waals surface area contributed by atoms with Crippen LogP contribution in [0.5, 0.6) is 5.75 Å². The smallest absolute Gasteiger partial charge is 0.339 e. The minimum Gasteiger partial charge on any atom is -0.507 e. The summed E-state index contributed by atoms with van der Waals surface area (Å²) in [6.45, 7) is 1.23. The highest BCUT2D eigenvalue weighted by atomic mass is 35.5. The maximum Gasteiger partial charge on any atom is 0.339 e. The Hall–Kier alpha value is -4.82. The molecule has 4 aromatic rings. The number of fused-ring (bicyclic) bond motifs is 2. The molecule has 0 spiro atoms.